The number of anilines is 1. The van der Waals surface area contributed by atoms with Gasteiger partial charge in [0.2, 0.25) is 0 Å². The predicted octanol–water partition coefficient (Wildman–Crippen LogP) is 2.29. The van der Waals surface area contributed by atoms with Crippen LogP contribution < -0.4 is 15.5 Å². The third-order valence-corrected chi connectivity index (χ3v) is 4.69. The molecule has 2 N–H and O–H groups in total. The van der Waals surface area contributed by atoms with Crippen LogP contribution in [-0.4, -0.2) is 24.3 Å². The number of nitrogens with one attached hydrogen (secondary N) is 2. The zero-order chi connectivity index (χ0) is 18.7. The summed E-state index contributed by atoms with van der Waals surface area (Å²) in [4.78, 5) is 38.5. The van der Waals surface area contributed by atoms with Crippen molar-refractivity contribution in [3.05, 3.63) is 64.1 Å². The lowest BCUT2D eigenvalue weighted by Crippen LogP contribution is -2.44. The Morgan fingerprint density at radius 1 is 1.12 bits per heavy atom. The van der Waals surface area contributed by atoms with Crippen molar-refractivity contribution >= 4 is 39.3 Å². The lowest BCUT2D eigenvalue weighted by atomic mass is 10.1. The molecule has 26 heavy (non-hydrogen) atoms. The third kappa shape index (κ3) is 3.62. The van der Waals surface area contributed by atoms with Crippen molar-refractivity contribution in [2.24, 2.45) is 0 Å². The Balaban J connectivity index is 1.70. The van der Waals surface area contributed by atoms with Crippen LogP contribution in [0.3, 0.4) is 0 Å². The van der Waals surface area contributed by atoms with Crippen LogP contribution in [0.25, 0.3) is 0 Å². The summed E-state index contributed by atoms with van der Waals surface area (Å²) in [6, 6.07) is 13.9. The number of benzene rings is 2. The van der Waals surface area contributed by atoms with Gasteiger partial charge < -0.3 is 15.5 Å². The molecule has 1 aliphatic rings. The van der Waals surface area contributed by atoms with Crippen molar-refractivity contribution in [2.45, 2.75) is 19.5 Å². The van der Waals surface area contributed by atoms with E-state index >= 15 is 0 Å². The molecule has 0 aromatic heterocycles. The molecule has 0 fully saturated rings. The molecule has 2 aromatic carbocycles. The zero-order valence-electron chi connectivity index (χ0n) is 14.2. The van der Waals surface area contributed by atoms with Gasteiger partial charge in [-0.2, -0.15) is 0 Å². The number of rotatable bonds is 4. The second-order valence-corrected chi connectivity index (χ2v) is 6.78. The molecule has 1 atom stereocenters. The van der Waals surface area contributed by atoms with Crippen molar-refractivity contribution in [3.63, 3.8) is 0 Å². The zero-order valence-corrected chi connectivity index (χ0v) is 15.7. The fraction of sp³-hybridized carbons (Fsp3) is 0.211. The molecular weight excluding hydrogens is 398 g/mol. The van der Waals surface area contributed by atoms with Gasteiger partial charge in [0, 0.05) is 28.8 Å². The van der Waals surface area contributed by atoms with Crippen LogP contribution in [-0.2, 0) is 20.9 Å². The Morgan fingerprint density at radius 3 is 2.54 bits per heavy atom. The molecule has 0 radical (unpaired) electrons. The molecule has 0 spiro atoms. The van der Waals surface area contributed by atoms with E-state index < -0.39 is 17.9 Å². The second-order valence-electron chi connectivity index (χ2n) is 5.86. The van der Waals surface area contributed by atoms with E-state index in [1.807, 2.05) is 49.4 Å². The van der Waals surface area contributed by atoms with Crippen LogP contribution in [0.5, 0.6) is 0 Å². The Labute approximate surface area is 159 Å². The molecule has 0 bridgehead atoms. The van der Waals surface area contributed by atoms with Crippen LogP contribution in [0.1, 0.15) is 24.1 Å². The number of amides is 3. The highest BCUT2D eigenvalue weighted by Crippen LogP contribution is 2.37. The van der Waals surface area contributed by atoms with Crippen LogP contribution >= 0.6 is 15.9 Å². The lowest BCUT2D eigenvalue weighted by molar-refractivity contribution is -0.140. The predicted molar refractivity (Wildman–Crippen MR) is 101 cm³/mol. The lowest BCUT2D eigenvalue weighted by Gasteiger charge is -2.15. The highest BCUT2D eigenvalue weighted by Gasteiger charge is 2.38. The highest BCUT2D eigenvalue weighted by molar-refractivity contribution is 9.10. The van der Waals surface area contributed by atoms with Crippen molar-refractivity contribution < 1.29 is 14.4 Å². The van der Waals surface area contributed by atoms with E-state index in [-0.39, 0.29) is 12.5 Å². The molecule has 1 aliphatic heterocycles. The van der Waals surface area contributed by atoms with E-state index in [2.05, 4.69) is 26.6 Å². The summed E-state index contributed by atoms with van der Waals surface area (Å²) in [6.45, 7) is 2.59. The molecule has 0 aliphatic carbocycles. The van der Waals surface area contributed by atoms with Gasteiger partial charge in [-0.05, 0) is 30.7 Å². The molecule has 0 unspecified atom stereocenters. The van der Waals surface area contributed by atoms with Gasteiger partial charge in [0.15, 0.2) is 0 Å². The Bertz CT molecular complexity index is 854. The van der Waals surface area contributed by atoms with Gasteiger partial charge in [-0.3, -0.25) is 14.4 Å². The SMILES string of the molecule is CCN1C(=O)[C@H](NC(=O)C(=O)NCc2ccccc2)c2cc(Br)ccc21. The molecule has 2 aromatic rings. The first kappa shape index (κ1) is 18.1. The summed E-state index contributed by atoms with van der Waals surface area (Å²) in [5, 5.41) is 5.11. The summed E-state index contributed by atoms with van der Waals surface area (Å²) in [5.41, 5.74) is 2.31. The molecular formula is C19H18BrN3O3. The topological polar surface area (TPSA) is 78.5 Å². The fourth-order valence-electron chi connectivity index (χ4n) is 2.93. The van der Waals surface area contributed by atoms with E-state index in [9.17, 15) is 14.4 Å². The summed E-state index contributed by atoms with van der Waals surface area (Å²) in [5.74, 6) is -1.85. The number of hydrogen-bond acceptors (Lipinski definition) is 3. The minimum atomic E-state index is -0.863. The molecule has 3 rings (SSSR count). The van der Waals surface area contributed by atoms with Crippen LogP contribution in [0.2, 0.25) is 0 Å². The van der Waals surface area contributed by atoms with Gasteiger partial charge in [0.25, 0.3) is 5.91 Å². The number of halogens is 1. The van der Waals surface area contributed by atoms with Crippen molar-refractivity contribution in [1.29, 1.82) is 0 Å². The van der Waals surface area contributed by atoms with Crippen molar-refractivity contribution in [2.75, 3.05) is 11.4 Å². The van der Waals surface area contributed by atoms with Gasteiger partial charge in [-0.15, -0.1) is 0 Å². The average molecular weight is 416 g/mol. The average Bonchev–Trinajstić information content (AvgIpc) is 2.91. The first-order chi connectivity index (χ1) is 12.5. The maximum absolute atomic E-state index is 12.6. The quantitative estimate of drug-likeness (QED) is 0.751. The van der Waals surface area contributed by atoms with Crippen LogP contribution in [0.15, 0.2) is 53.0 Å². The minimum absolute atomic E-state index is 0.245. The van der Waals surface area contributed by atoms with E-state index in [1.54, 1.807) is 11.0 Å². The largest absolute Gasteiger partial charge is 0.344 e. The normalized spacial score (nSPS) is 15.5. The number of carbonyl (C=O) groups is 3. The maximum atomic E-state index is 12.6. The van der Waals surface area contributed by atoms with E-state index in [0.717, 1.165) is 15.7 Å². The first-order valence-corrected chi connectivity index (χ1v) is 9.04. The van der Waals surface area contributed by atoms with Crippen LogP contribution in [0.4, 0.5) is 5.69 Å². The van der Waals surface area contributed by atoms with Gasteiger partial charge in [0.1, 0.15) is 6.04 Å². The van der Waals surface area contributed by atoms with Gasteiger partial charge >= 0.3 is 11.8 Å². The number of fused-ring (bicyclic) bond motifs is 1. The molecule has 0 saturated heterocycles. The Kier molecular flexibility index (Phi) is 5.37. The number of nitrogens with zero attached hydrogens (tertiary/aromatic N) is 1. The molecule has 0 saturated carbocycles. The molecule has 7 heteroatoms. The first-order valence-electron chi connectivity index (χ1n) is 8.24. The molecule has 134 valence electrons. The van der Waals surface area contributed by atoms with E-state index in [0.29, 0.717) is 12.1 Å². The van der Waals surface area contributed by atoms with Gasteiger partial charge in [-0.25, -0.2) is 0 Å². The fourth-order valence-corrected chi connectivity index (χ4v) is 3.31. The van der Waals surface area contributed by atoms with E-state index in [4.69, 9.17) is 0 Å². The van der Waals surface area contributed by atoms with Gasteiger partial charge in [0.05, 0.1) is 0 Å². The van der Waals surface area contributed by atoms with Crippen molar-refractivity contribution in [3.8, 4) is 0 Å². The van der Waals surface area contributed by atoms with E-state index in [1.165, 1.54) is 0 Å². The second kappa shape index (κ2) is 7.70. The number of hydrogen-bond donors (Lipinski definition) is 2. The standard InChI is InChI=1S/C19H18BrN3O3/c1-2-23-15-9-8-13(20)10-14(15)16(19(23)26)22-18(25)17(24)21-11-12-6-4-3-5-7-12/h3-10,16H,2,11H2,1H3,(H,21,24)(H,22,25)/t16-/m1/s1. The number of likely N-dealkylation sites (N-methyl/N-ethyl adjacent to an activating group) is 1. The molecule has 6 nitrogen and oxygen atoms in total. The van der Waals surface area contributed by atoms with Crippen LogP contribution in [0, 0.1) is 0 Å². The Morgan fingerprint density at radius 2 is 1.85 bits per heavy atom. The maximum Gasteiger partial charge on any atom is 0.310 e. The van der Waals surface area contributed by atoms with Crippen molar-refractivity contribution in [1.82, 2.24) is 10.6 Å². The molecule has 1 heterocycles. The molecule has 3 amide bonds. The highest BCUT2D eigenvalue weighted by atomic mass is 79.9. The monoisotopic (exact) mass is 415 g/mol. The third-order valence-electron chi connectivity index (χ3n) is 4.20. The number of carbonyl (C=O) groups excluding carboxylic acids is 3. The minimum Gasteiger partial charge on any atom is -0.344 e. The summed E-state index contributed by atoms with van der Waals surface area (Å²) in [6.07, 6.45) is 0. The summed E-state index contributed by atoms with van der Waals surface area (Å²) < 4.78 is 0.801. The van der Waals surface area contributed by atoms with Gasteiger partial charge in [-0.1, -0.05) is 46.3 Å². The summed E-state index contributed by atoms with van der Waals surface area (Å²) in [7, 11) is 0. The summed E-state index contributed by atoms with van der Waals surface area (Å²) >= 11 is 3.38. The smallest absolute Gasteiger partial charge is 0.310 e. The Hall–Kier alpha value is -2.67.